The van der Waals surface area contributed by atoms with Gasteiger partial charge in [-0.3, -0.25) is 4.79 Å². The van der Waals surface area contributed by atoms with Crippen molar-refractivity contribution in [2.45, 2.75) is 12.5 Å². The summed E-state index contributed by atoms with van der Waals surface area (Å²) >= 11 is 5.30. The number of hydrogen-bond donors (Lipinski definition) is 2. The Balaban J connectivity index is 3.97. The lowest BCUT2D eigenvalue weighted by atomic mass is 10.3. The molecule has 5 nitrogen and oxygen atoms in total. The van der Waals surface area contributed by atoms with E-state index in [1.165, 1.54) is 7.11 Å². The second-order valence-electron chi connectivity index (χ2n) is 2.26. The van der Waals surface area contributed by atoms with Gasteiger partial charge in [-0.15, -0.1) is 11.6 Å². The van der Waals surface area contributed by atoms with Gasteiger partial charge in [0, 0.05) is 12.3 Å². The Bertz CT molecular complexity index is 185. The highest BCUT2D eigenvalue weighted by molar-refractivity contribution is 6.18. The molecule has 0 aromatic heterocycles. The maximum absolute atomic E-state index is 10.9. The van der Waals surface area contributed by atoms with Crippen LogP contribution in [-0.4, -0.2) is 42.6 Å². The van der Waals surface area contributed by atoms with Crippen molar-refractivity contribution in [2.75, 3.05) is 19.6 Å². The summed E-state index contributed by atoms with van der Waals surface area (Å²) < 4.78 is 4.34. The minimum absolute atomic E-state index is 0.106. The third-order valence-corrected chi connectivity index (χ3v) is 1.51. The highest BCUT2D eigenvalue weighted by Crippen LogP contribution is 1.90. The zero-order chi connectivity index (χ0) is 10.3. The Morgan fingerprint density at radius 2 is 2.23 bits per heavy atom. The quantitative estimate of drug-likeness (QED) is 0.462. The third kappa shape index (κ3) is 4.69. The molecule has 6 heteroatoms. The summed E-state index contributed by atoms with van der Waals surface area (Å²) in [5.74, 6) is -0.893. The highest BCUT2D eigenvalue weighted by Gasteiger charge is 2.19. The summed E-state index contributed by atoms with van der Waals surface area (Å²) in [6, 6.07) is -0.999. The number of aliphatic hydroxyl groups excluding tert-OH is 1. The number of hydrogen-bond acceptors (Lipinski definition) is 4. The lowest BCUT2D eigenvalue weighted by molar-refractivity contribution is -0.146. The number of carbonyl (C=O) groups is 2. The number of methoxy groups -OCH3 is 1. The van der Waals surface area contributed by atoms with E-state index in [4.69, 9.17) is 16.7 Å². The van der Waals surface area contributed by atoms with E-state index < -0.39 is 18.6 Å². The lowest BCUT2D eigenvalue weighted by Crippen LogP contribution is -2.44. The molecule has 0 saturated heterocycles. The molecule has 0 rings (SSSR count). The van der Waals surface area contributed by atoms with Crippen LogP contribution in [-0.2, 0) is 14.3 Å². The normalized spacial score (nSPS) is 11.9. The van der Waals surface area contributed by atoms with Crippen LogP contribution in [0.4, 0.5) is 0 Å². The van der Waals surface area contributed by atoms with Crippen LogP contribution < -0.4 is 5.32 Å². The Morgan fingerprint density at radius 3 is 2.62 bits per heavy atom. The van der Waals surface area contributed by atoms with Gasteiger partial charge in [-0.25, -0.2) is 4.79 Å². The van der Waals surface area contributed by atoms with Crippen LogP contribution in [0.3, 0.4) is 0 Å². The topological polar surface area (TPSA) is 75.6 Å². The molecule has 0 heterocycles. The molecule has 0 aliphatic heterocycles. The SMILES string of the molecule is COC(=O)C(CO)NC(=O)CCCl. The monoisotopic (exact) mass is 209 g/mol. The molecule has 13 heavy (non-hydrogen) atoms. The second-order valence-corrected chi connectivity index (χ2v) is 2.64. The summed E-state index contributed by atoms with van der Waals surface area (Å²) in [4.78, 5) is 21.8. The van der Waals surface area contributed by atoms with Gasteiger partial charge in [-0.1, -0.05) is 0 Å². The minimum Gasteiger partial charge on any atom is -0.467 e. The number of aliphatic hydroxyl groups is 1. The number of nitrogens with one attached hydrogen (secondary N) is 1. The van der Waals surface area contributed by atoms with E-state index in [1.54, 1.807) is 0 Å². The molecule has 0 spiro atoms. The van der Waals surface area contributed by atoms with Crippen LogP contribution in [0.25, 0.3) is 0 Å². The predicted molar refractivity (Wildman–Crippen MR) is 46.4 cm³/mol. The Kier molecular flexibility index (Phi) is 6.26. The van der Waals surface area contributed by atoms with Crippen LogP contribution in [0.15, 0.2) is 0 Å². The fraction of sp³-hybridized carbons (Fsp3) is 0.714. The van der Waals surface area contributed by atoms with E-state index >= 15 is 0 Å². The van der Waals surface area contributed by atoms with Crippen molar-refractivity contribution in [3.8, 4) is 0 Å². The van der Waals surface area contributed by atoms with Gasteiger partial charge in [-0.05, 0) is 0 Å². The molecule has 0 aliphatic carbocycles. The highest BCUT2D eigenvalue weighted by atomic mass is 35.5. The zero-order valence-electron chi connectivity index (χ0n) is 7.25. The summed E-state index contributed by atoms with van der Waals surface area (Å²) in [6.45, 7) is -0.485. The van der Waals surface area contributed by atoms with Crippen molar-refractivity contribution in [3.05, 3.63) is 0 Å². The maximum Gasteiger partial charge on any atom is 0.330 e. The first kappa shape index (κ1) is 12.2. The van der Waals surface area contributed by atoms with Gasteiger partial charge in [0.1, 0.15) is 0 Å². The number of carbonyl (C=O) groups excluding carboxylic acids is 2. The van der Waals surface area contributed by atoms with E-state index in [9.17, 15) is 9.59 Å². The average molecular weight is 210 g/mol. The molecule has 0 saturated carbocycles. The van der Waals surface area contributed by atoms with Crippen molar-refractivity contribution in [3.63, 3.8) is 0 Å². The molecular weight excluding hydrogens is 198 g/mol. The van der Waals surface area contributed by atoms with Crippen molar-refractivity contribution in [2.24, 2.45) is 0 Å². The smallest absolute Gasteiger partial charge is 0.330 e. The van der Waals surface area contributed by atoms with Crippen molar-refractivity contribution in [1.29, 1.82) is 0 Å². The van der Waals surface area contributed by atoms with Gasteiger partial charge in [-0.2, -0.15) is 0 Å². The average Bonchev–Trinajstić information content (AvgIpc) is 2.13. The minimum atomic E-state index is -0.999. The molecule has 1 unspecified atom stereocenters. The van der Waals surface area contributed by atoms with Crippen LogP contribution in [0.5, 0.6) is 0 Å². The Morgan fingerprint density at radius 1 is 1.62 bits per heavy atom. The molecular formula is C7H12ClNO4. The first-order valence-corrected chi connectivity index (χ1v) is 4.23. The Labute approximate surface area is 81.0 Å². The van der Waals surface area contributed by atoms with E-state index in [0.717, 1.165) is 0 Å². The predicted octanol–water partition coefficient (Wildman–Crippen LogP) is -0.735. The first-order valence-electron chi connectivity index (χ1n) is 3.69. The van der Waals surface area contributed by atoms with E-state index in [0.29, 0.717) is 0 Å². The van der Waals surface area contributed by atoms with Gasteiger partial charge in [0.2, 0.25) is 5.91 Å². The van der Waals surface area contributed by atoms with Crippen LogP contribution in [0.2, 0.25) is 0 Å². The van der Waals surface area contributed by atoms with Crippen LogP contribution in [0.1, 0.15) is 6.42 Å². The molecule has 0 fully saturated rings. The lowest BCUT2D eigenvalue weighted by Gasteiger charge is -2.12. The van der Waals surface area contributed by atoms with Gasteiger partial charge in [0.25, 0.3) is 0 Å². The van der Waals surface area contributed by atoms with E-state index in [1.807, 2.05) is 0 Å². The molecule has 2 N–H and O–H groups in total. The largest absolute Gasteiger partial charge is 0.467 e. The number of amides is 1. The molecule has 76 valence electrons. The summed E-state index contributed by atoms with van der Waals surface area (Å²) in [7, 11) is 1.18. The van der Waals surface area contributed by atoms with Gasteiger partial charge >= 0.3 is 5.97 Å². The molecule has 0 aromatic rings. The fourth-order valence-electron chi connectivity index (χ4n) is 0.674. The second kappa shape index (κ2) is 6.68. The molecule has 1 amide bonds. The van der Waals surface area contributed by atoms with Gasteiger partial charge in [0.15, 0.2) is 6.04 Å². The summed E-state index contributed by atoms with van der Waals surface area (Å²) in [5, 5.41) is 11.0. The van der Waals surface area contributed by atoms with Gasteiger partial charge in [0.05, 0.1) is 13.7 Å². The summed E-state index contributed by atoms with van der Waals surface area (Å²) in [6.07, 6.45) is 0.106. The number of esters is 1. The summed E-state index contributed by atoms with van der Waals surface area (Å²) in [5.41, 5.74) is 0. The molecule has 1 atom stereocenters. The zero-order valence-corrected chi connectivity index (χ0v) is 8.00. The maximum atomic E-state index is 10.9. The van der Waals surface area contributed by atoms with Crippen LogP contribution >= 0.6 is 11.6 Å². The van der Waals surface area contributed by atoms with Crippen LogP contribution in [0, 0.1) is 0 Å². The van der Waals surface area contributed by atoms with Crippen molar-refractivity contribution < 1.29 is 19.4 Å². The fourth-order valence-corrected chi connectivity index (χ4v) is 0.845. The molecule has 0 aliphatic rings. The number of rotatable bonds is 5. The van der Waals surface area contributed by atoms with Crippen molar-refractivity contribution >= 4 is 23.5 Å². The molecule has 0 bridgehead atoms. The third-order valence-electron chi connectivity index (χ3n) is 1.33. The van der Waals surface area contributed by atoms with E-state index in [2.05, 4.69) is 10.1 Å². The van der Waals surface area contributed by atoms with E-state index in [-0.39, 0.29) is 18.2 Å². The number of halogens is 1. The van der Waals surface area contributed by atoms with Crippen molar-refractivity contribution in [1.82, 2.24) is 5.32 Å². The standard InChI is InChI=1S/C7H12ClNO4/c1-13-7(12)5(4-10)9-6(11)2-3-8/h5,10H,2-4H2,1H3,(H,9,11). The van der Waals surface area contributed by atoms with Gasteiger partial charge < -0.3 is 15.2 Å². The molecule has 0 aromatic carbocycles. The molecule has 0 radical (unpaired) electrons. The first-order chi connectivity index (χ1) is 6.15. The number of ether oxygens (including phenoxy) is 1. The Hall–Kier alpha value is -0.810. The number of alkyl halides is 1.